The highest BCUT2D eigenvalue weighted by molar-refractivity contribution is 6.31. The minimum absolute atomic E-state index is 0.00231. The van der Waals surface area contributed by atoms with Crippen LogP contribution in [0.5, 0.6) is 0 Å². The molecule has 0 bridgehead atoms. The first-order valence-electron chi connectivity index (χ1n) is 5.31. The van der Waals surface area contributed by atoms with Crippen molar-refractivity contribution in [3.8, 4) is 0 Å². The summed E-state index contributed by atoms with van der Waals surface area (Å²) in [6, 6.07) is 1.42. The van der Waals surface area contributed by atoms with E-state index in [1.807, 2.05) is 0 Å². The molecule has 1 aromatic heterocycles. The van der Waals surface area contributed by atoms with E-state index in [0.717, 1.165) is 0 Å². The first-order valence-corrected chi connectivity index (χ1v) is 5.69. The molecule has 0 aromatic carbocycles. The monoisotopic (exact) mass is 264 g/mol. The van der Waals surface area contributed by atoms with Crippen LogP contribution in [0.2, 0.25) is 5.02 Å². The van der Waals surface area contributed by atoms with Crippen LogP contribution in [-0.2, 0) is 5.54 Å². The largest absolute Gasteiger partial charge is 0.321 e. The number of aromatic nitrogens is 1. The molecule has 0 amide bonds. The van der Waals surface area contributed by atoms with Crippen molar-refractivity contribution in [1.82, 2.24) is 4.98 Å². The highest BCUT2D eigenvalue weighted by atomic mass is 35.5. The van der Waals surface area contributed by atoms with E-state index >= 15 is 0 Å². The molecular weight excluding hydrogens is 253 g/mol. The van der Waals surface area contributed by atoms with Gasteiger partial charge in [0.25, 0.3) is 0 Å². The van der Waals surface area contributed by atoms with Crippen LogP contribution in [0.1, 0.15) is 31.2 Å². The molecule has 17 heavy (non-hydrogen) atoms. The van der Waals surface area contributed by atoms with Gasteiger partial charge in [0.15, 0.2) is 0 Å². The molecule has 0 spiro atoms. The van der Waals surface area contributed by atoms with Gasteiger partial charge in [-0.15, -0.1) is 0 Å². The van der Waals surface area contributed by atoms with Crippen LogP contribution < -0.4 is 5.73 Å². The van der Waals surface area contributed by atoms with Crippen molar-refractivity contribution < 1.29 is 13.2 Å². The normalized spacial score (nSPS) is 22.4. The summed E-state index contributed by atoms with van der Waals surface area (Å²) >= 11 is 5.88. The summed E-state index contributed by atoms with van der Waals surface area (Å²) in [6.07, 6.45) is 0.523. The second kappa shape index (κ2) is 4.14. The van der Waals surface area contributed by atoms with E-state index in [9.17, 15) is 13.2 Å². The third-order valence-corrected chi connectivity index (χ3v) is 3.54. The molecule has 0 atom stereocenters. The maximum atomic E-state index is 13.6. The number of nitrogens with zero attached hydrogens (tertiary/aromatic N) is 1. The van der Waals surface area contributed by atoms with Gasteiger partial charge in [0.2, 0.25) is 11.9 Å². The molecule has 1 aliphatic rings. The van der Waals surface area contributed by atoms with Gasteiger partial charge in [-0.25, -0.2) is 13.8 Å². The maximum absolute atomic E-state index is 13.6. The van der Waals surface area contributed by atoms with Crippen molar-refractivity contribution in [2.24, 2.45) is 5.73 Å². The highest BCUT2D eigenvalue weighted by Crippen LogP contribution is 2.44. The Morgan fingerprint density at radius 1 is 1.24 bits per heavy atom. The standard InChI is InChI=1S/C11H12ClF3N2/c12-7-1-6-17-9(13)8(7)10(16)2-4-11(14,15)5-3-10/h1,6H,2-5,16H2. The lowest BCUT2D eigenvalue weighted by Gasteiger charge is -2.37. The van der Waals surface area contributed by atoms with Gasteiger partial charge < -0.3 is 5.73 Å². The average molecular weight is 265 g/mol. The molecule has 1 aliphatic carbocycles. The third kappa shape index (κ3) is 2.40. The Morgan fingerprint density at radius 3 is 2.35 bits per heavy atom. The van der Waals surface area contributed by atoms with Crippen LogP contribution in [0.4, 0.5) is 13.2 Å². The molecule has 2 nitrogen and oxygen atoms in total. The number of alkyl halides is 2. The summed E-state index contributed by atoms with van der Waals surface area (Å²) in [5.41, 5.74) is 4.92. The van der Waals surface area contributed by atoms with Crippen LogP contribution in [0.15, 0.2) is 12.3 Å². The topological polar surface area (TPSA) is 38.9 Å². The van der Waals surface area contributed by atoms with Crippen molar-refractivity contribution in [3.63, 3.8) is 0 Å². The van der Waals surface area contributed by atoms with Gasteiger partial charge in [-0.3, -0.25) is 0 Å². The van der Waals surface area contributed by atoms with Crippen molar-refractivity contribution in [3.05, 3.63) is 28.8 Å². The van der Waals surface area contributed by atoms with E-state index in [1.165, 1.54) is 12.3 Å². The number of rotatable bonds is 1. The maximum Gasteiger partial charge on any atom is 0.248 e. The van der Waals surface area contributed by atoms with E-state index in [4.69, 9.17) is 17.3 Å². The zero-order chi connectivity index (χ0) is 12.7. The van der Waals surface area contributed by atoms with Gasteiger partial charge in [0.05, 0.1) is 5.02 Å². The quantitative estimate of drug-likeness (QED) is 0.791. The lowest BCUT2D eigenvalue weighted by molar-refractivity contribution is -0.0518. The zero-order valence-electron chi connectivity index (χ0n) is 9.02. The molecule has 0 saturated heterocycles. The minimum Gasteiger partial charge on any atom is -0.321 e. The van der Waals surface area contributed by atoms with Gasteiger partial charge in [-0.2, -0.15) is 4.39 Å². The average Bonchev–Trinajstić information content (AvgIpc) is 2.23. The summed E-state index contributed by atoms with van der Waals surface area (Å²) in [5.74, 6) is -3.49. The van der Waals surface area contributed by atoms with Crippen LogP contribution in [0.25, 0.3) is 0 Å². The smallest absolute Gasteiger partial charge is 0.248 e. The summed E-state index contributed by atoms with van der Waals surface area (Å²) in [5, 5.41) is 0.144. The predicted molar refractivity (Wildman–Crippen MR) is 58.5 cm³/mol. The first kappa shape index (κ1) is 12.6. The summed E-state index contributed by atoms with van der Waals surface area (Å²) in [6.45, 7) is 0. The van der Waals surface area contributed by atoms with E-state index in [2.05, 4.69) is 4.98 Å². The molecule has 0 radical (unpaired) electrons. The molecule has 1 heterocycles. The van der Waals surface area contributed by atoms with Crippen LogP contribution in [-0.4, -0.2) is 10.9 Å². The molecule has 1 fully saturated rings. The van der Waals surface area contributed by atoms with Crippen molar-refractivity contribution >= 4 is 11.6 Å². The number of hydrogen-bond acceptors (Lipinski definition) is 2. The van der Waals surface area contributed by atoms with E-state index in [1.54, 1.807) is 0 Å². The minimum atomic E-state index is -2.71. The number of hydrogen-bond donors (Lipinski definition) is 1. The molecule has 0 aliphatic heterocycles. The SMILES string of the molecule is NC1(c2c(Cl)ccnc2F)CCC(F)(F)CC1. The molecular formula is C11H12ClF3N2. The molecule has 1 saturated carbocycles. The van der Waals surface area contributed by atoms with Gasteiger partial charge in [-0.1, -0.05) is 11.6 Å². The number of halogens is 4. The summed E-state index contributed by atoms with van der Waals surface area (Å²) < 4.78 is 39.7. The molecule has 1 aromatic rings. The summed E-state index contributed by atoms with van der Waals surface area (Å²) in [4.78, 5) is 3.48. The molecule has 2 rings (SSSR count). The van der Waals surface area contributed by atoms with Crippen LogP contribution in [0, 0.1) is 5.95 Å². The first-order chi connectivity index (χ1) is 7.84. The van der Waals surface area contributed by atoms with Crippen molar-refractivity contribution in [1.29, 1.82) is 0 Å². The Balaban J connectivity index is 2.34. The van der Waals surface area contributed by atoms with Gasteiger partial charge >= 0.3 is 0 Å². The Hall–Kier alpha value is -0.810. The van der Waals surface area contributed by atoms with Gasteiger partial charge in [0.1, 0.15) is 0 Å². The lowest BCUT2D eigenvalue weighted by Crippen LogP contribution is -2.44. The fourth-order valence-electron chi connectivity index (χ4n) is 2.17. The molecule has 0 unspecified atom stereocenters. The molecule has 6 heteroatoms. The van der Waals surface area contributed by atoms with E-state index < -0.39 is 17.4 Å². The number of pyridine rings is 1. The summed E-state index contributed by atoms with van der Waals surface area (Å²) in [7, 11) is 0. The van der Waals surface area contributed by atoms with Crippen LogP contribution in [0.3, 0.4) is 0 Å². The second-order valence-electron chi connectivity index (χ2n) is 4.47. The van der Waals surface area contributed by atoms with E-state index in [-0.39, 0.29) is 36.3 Å². The Bertz CT molecular complexity index is 406. The Morgan fingerprint density at radius 2 is 1.82 bits per heavy atom. The van der Waals surface area contributed by atoms with E-state index in [0.29, 0.717) is 0 Å². The molecule has 94 valence electrons. The highest BCUT2D eigenvalue weighted by Gasteiger charge is 2.44. The van der Waals surface area contributed by atoms with Crippen LogP contribution >= 0.6 is 11.6 Å². The van der Waals surface area contributed by atoms with Crippen molar-refractivity contribution in [2.75, 3.05) is 0 Å². The van der Waals surface area contributed by atoms with Gasteiger partial charge in [-0.05, 0) is 18.9 Å². The van der Waals surface area contributed by atoms with Crippen molar-refractivity contribution in [2.45, 2.75) is 37.1 Å². The number of nitrogens with two attached hydrogens (primary N) is 1. The Kier molecular flexibility index (Phi) is 3.08. The second-order valence-corrected chi connectivity index (χ2v) is 4.88. The predicted octanol–water partition coefficient (Wildman–Crippen LogP) is 3.24. The Labute approximate surface area is 102 Å². The fourth-order valence-corrected chi connectivity index (χ4v) is 2.49. The molecule has 2 N–H and O–H groups in total. The van der Waals surface area contributed by atoms with Gasteiger partial charge in [0, 0.05) is 30.1 Å². The fraction of sp³-hybridized carbons (Fsp3) is 0.545. The lowest BCUT2D eigenvalue weighted by atomic mass is 9.76. The third-order valence-electron chi connectivity index (χ3n) is 3.23. The zero-order valence-corrected chi connectivity index (χ0v) is 9.78.